The van der Waals surface area contributed by atoms with Gasteiger partial charge in [0, 0.05) is 17.7 Å². The summed E-state index contributed by atoms with van der Waals surface area (Å²) in [4.78, 5) is 26.1. The standard InChI is InChI=1S/C23H25N3O2S/c1-3-24-23(28)26-22(27)21(17-8-5-4-6-9-17)25-20(19-10-7-15-29-19)18-13-11-16(2)12-14-18/h4-15,20-21,25H,3H2,1-2H3,(H2,24,26,27,28)/p+1/t20-,21+/m0/s1. The van der Waals surface area contributed by atoms with Gasteiger partial charge in [0.25, 0.3) is 5.91 Å². The molecule has 2 atom stereocenters. The molecule has 150 valence electrons. The van der Waals surface area contributed by atoms with Gasteiger partial charge in [0.1, 0.15) is 6.04 Å². The SMILES string of the molecule is CCNC(=O)NC(=O)[C@H]([NH2+][C@@H](c1ccc(C)cc1)c1cccs1)c1ccccc1. The minimum Gasteiger partial charge on any atom is -0.338 e. The van der Waals surface area contributed by atoms with Crippen LogP contribution in [0.5, 0.6) is 0 Å². The number of quaternary nitrogens is 1. The lowest BCUT2D eigenvalue weighted by Crippen LogP contribution is -2.88. The minimum atomic E-state index is -0.563. The van der Waals surface area contributed by atoms with Gasteiger partial charge >= 0.3 is 6.03 Å². The monoisotopic (exact) mass is 408 g/mol. The quantitative estimate of drug-likeness (QED) is 0.561. The van der Waals surface area contributed by atoms with Crippen LogP contribution in [0.2, 0.25) is 0 Å². The number of nitrogens with two attached hydrogens (primary N) is 1. The molecule has 0 aliphatic carbocycles. The Morgan fingerprint density at radius 2 is 1.69 bits per heavy atom. The molecular weight excluding hydrogens is 382 g/mol. The van der Waals surface area contributed by atoms with Crippen LogP contribution in [0.4, 0.5) is 4.79 Å². The molecular formula is C23H26N3O2S+. The predicted molar refractivity (Wildman–Crippen MR) is 116 cm³/mol. The van der Waals surface area contributed by atoms with Crippen molar-refractivity contribution in [2.45, 2.75) is 25.9 Å². The number of imide groups is 1. The van der Waals surface area contributed by atoms with Gasteiger partial charge in [-0.25, -0.2) is 4.79 Å². The third-order valence-corrected chi connectivity index (χ3v) is 5.64. The normalized spacial score (nSPS) is 12.8. The molecule has 5 nitrogen and oxygen atoms in total. The third-order valence-electron chi connectivity index (χ3n) is 4.69. The van der Waals surface area contributed by atoms with E-state index in [0.717, 1.165) is 16.0 Å². The van der Waals surface area contributed by atoms with Crippen molar-refractivity contribution in [2.75, 3.05) is 6.54 Å². The van der Waals surface area contributed by atoms with Gasteiger partial charge in [-0.1, -0.05) is 66.2 Å². The zero-order valence-electron chi connectivity index (χ0n) is 16.6. The lowest BCUT2D eigenvalue weighted by Gasteiger charge is -2.22. The number of aryl methyl sites for hydroxylation is 1. The molecule has 29 heavy (non-hydrogen) atoms. The minimum absolute atomic E-state index is 0.0548. The first-order valence-electron chi connectivity index (χ1n) is 9.67. The van der Waals surface area contributed by atoms with Crippen LogP contribution in [0.25, 0.3) is 0 Å². The Hall–Kier alpha value is -2.96. The average molecular weight is 409 g/mol. The van der Waals surface area contributed by atoms with E-state index in [-0.39, 0.29) is 11.9 Å². The molecule has 0 aliphatic heterocycles. The van der Waals surface area contributed by atoms with Crippen LogP contribution in [-0.2, 0) is 4.79 Å². The molecule has 2 aromatic carbocycles. The van der Waals surface area contributed by atoms with Crippen molar-refractivity contribution >= 4 is 23.3 Å². The highest BCUT2D eigenvalue weighted by atomic mass is 32.1. The largest absolute Gasteiger partial charge is 0.338 e. The van der Waals surface area contributed by atoms with Crippen LogP contribution < -0.4 is 16.0 Å². The van der Waals surface area contributed by atoms with Gasteiger partial charge in [0.2, 0.25) is 0 Å². The Kier molecular flexibility index (Phi) is 7.16. The van der Waals surface area contributed by atoms with Gasteiger partial charge in [-0.05, 0) is 25.3 Å². The molecule has 0 aliphatic rings. The summed E-state index contributed by atoms with van der Waals surface area (Å²) < 4.78 is 0. The van der Waals surface area contributed by atoms with E-state index in [2.05, 4.69) is 47.9 Å². The molecule has 1 heterocycles. The average Bonchev–Trinajstić information content (AvgIpc) is 3.25. The second-order valence-electron chi connectivity index (χ2n) is 6.83. The third kappa shape index (κ3) is 5.53. The molecule has 3 aromatic rings. The van der Waals surface area contributed by atoms with E-state index in [4.69, 9.17) is 0 Å². The zero-order chi connectivity index (χ0) is 20.6. The van der Waals surface area contributed by atoms with E-state index in [0.29, 0.717) is 6.54 Å². The number of amides is 3. The van der Waals surface area contributed by atoms with Crippen molar-refractivity contribution in [3.63, 3.8) is 0 Å². The van der Waals surface area contributed by atoms with E-state index in [1.54, 1.807) is 11.3 Å². The van der Waals surface area contributed by atoms with E-state index in [1.165, 1.54) is 5.56 Å². The summed E-state index contributed by atoms with van der Waals surface area (Å²) in [5, 5.41) is 9.16. The molecule has 0 radical (unpaired) electrons. The summed E-state index contributed by atoms with van der Waals surface area (Å²) in [6.45, 7) is 4.33. The first-order chi connectivity index (χ1) is 14.1. The first-order valence-corrected chi connectivity index (χ1v) is 10.5. The smallest absolute Gasteiger partial charge is 0.321 e. The van der Waals surface area contributed by atoms with Gasteiger partial charge in [0.05, 0.1) is 4.88 Å². The van der Waals surface area contributed by atoms with Gasteiger partial charge in [-0.15, -0.1) is 11.3 Å². The first kappa shape index (κ1) is 20.8. The van der Waals surface area contributed by atoms with Crippen molar-refractivity contribution in [3.05, 3.63) is 93.7 Å². The van der Waals surface area contributed by atoms with Crippen molar-refractivity contribution in [1.29, 1.82) is 0 Å². The zero-order valence-corrected chi connectivity index (χ0v) is 17.4. The number of carbonyl (C=O) groups excluding carboxylic acids is 2. The van der Waals surface area contributed by atoms with Gasteiger partial charge in [-0.3, -0.25) is 10.1 Å². The lowest BCUT2D eigenvalue weighted by atomic mass is 9.99. The number of urea groups is 1. The number of benzene rings is 2. The Morgan fingerprint density at radius 3 is 2.31 bits per heavy atom. The fourth-order valence-electron chi connectivity index (χ4n) is 3.21. The van der Waals surface area contributed by atoms with E-state index >= 15 is 0 Å². The summed E-state index contributed by atoms with van der Waals surface area (Å²) in [7, 11) is 0. The van der Waals surface area contributed by atoms with Crippen LogP contribution in [0.15, 0.2) is 72.1 Å². The Morgan fingerprint density at radius 1 is 0.966 bits per heavy atom. The van der Waals surface area contributed by atoms with Crippen molar-refractivity contribution < 1.29 is 14.9 Å². The molecule has 0 fully saturated rings. The lowest BCUT2D eigenvalue weighted by molar-refractivity contribution is -0.713. The van der Waals surface area contributed by atoms with Crippen LogP contribution in [0.3, 0.4) is 0 Å². The van der Waals surface area contributed by atoms with Gasteiger partial charge < -0.3 is 10.6 Å². The Balaban J connectivity index is 1.93. The summed E-state index contributed by atoms with van der Waals surface area (Å²) in [5.41, 5.74) is 3.15. The highest BCUT2D eigenvalue weighted by molar-refractivity contribution is 7.10. The van der Waals surface area contributed by atoms with Crippen LogP contribution in [-0.4, -0.2) is 18.5 Å². The second-order valence-corrected chi connectivity index (χ2v) is 7.81. The number of hydrogen-bond acceptors (Lipinski definition) is 3. The molecule has 6 heteroatoms. The molecule has 0 spiro atoms. The Bertz CT molecular complexity index is 925. The highest BCUT2D eigenvalue weighted by Crippen LogP contribution is 2.24. The predicted octanol–water partition coefficient (Wildman–Crippen LogP) is 3.30. The van der Waals surface area contributed by atoms with Gasteiger partial charge in [-0.2, -0.15) is 0 Å². The number of nitrogens with one attached hydrogen (secondary N) is 2. The molecule has 0 saturated heterocycles. The summed E-state index contributed by atoms with van der Waals surface area (Å²) in [5.74, 6) is -0.337. The van der Waals surface area contributed by atoms with Crippen LogP contribution in [0.1, 0.15) is 40.6 Å². The number of rotatable bonds is 7. The van der Waals surface area contributed by atoms with E-state index in [9.17, 15) is 9.59 Å². The fraction of sp³-hybridized carbons (Fsp3) is 0.217. The van der Waals surface area contributed by atoms with Gasteiger partial charge in [0.15, 0.2) is 6.04 Å². The maximum Gasteiger partial charge on any atom is 0.321 e. The van der Waals surface area contributed by atoms with Crippen molar-refractivity contribution in [2.24, 2.45) is 0 Å². The van der Waals surface area contributed by atoms with E-state index in [1.807, 2.05) is 54.0 Å². The van der Waals surface area contributed by atoms with Crippen molar-refractivity contribution in [3.8, 4) is 0 Å². The van der Waals surface area contributed by atoms with Crippen LogP contribution in [0, 0.1) is 6.92 Å². The van der Waals surface area contributed by atoms with Crippen LogP contribution >= 0.6 is 11.3 Å². The fourth-order valence-corrected chi connectivity index (χ4v) is 4.04. The molecule has 0 bridgehead atoms. The summed E-state index contributed by atoms with van der Waals surface area (Å²) in [6, 6.07) is 20.9. The van der Waals surface area contributed by atoms with Crippen molar-refractivity contribution in [1.82, 2.24) is 10.6 Å². The number of carbonyl (C=O) groups is 2. The molecule has 0 unspecified atom stereocenters. The molecule has 1 aromatic heterocycles. The highest BCUT2D eigenvalue weighted by Gasteiger charge is 2.31. The maximum absolute atomic E-state index is 13.0. The maximum atomic E-state index is 13.0. The summed E-state index contributed by atoms with van der Waals surface area (Å²) in [6.07, 6.45) is 0. The second kappa shape index (κ2) is 10.0. The number of hydrogen-bond donors (Lipinski definition) is 3. The number of thiophene rings is 1. The van der Waals surface area contributed by atoms with E-state index < -0.39 is 12.1 Å². The molecule has 4 N–H and O–H groups in total. The molecule has 0 saturated carbocycles. The molecule has 3 amide bonds. The summed E-state index contributed by atoms with van der Waals surface area (Å²) >= 11 is 1.66. The Labute approximate surface area is 175 Å². The molecule has 3 rings (SSSR count). The topological polar surface area (TPSA) is 74.8 Å².